The van der Waals surface area contributed by atoms with E-state index in [1.807, 2.05) is 11.0 Å². The number of amides is 1. The van der Waals surface area contributed by atoms with Crippen LogP contribution in [0.1, 0.15) is 39.1 Å². The Bertz CT molecular complexity index is 836. The van der Waals surface area contributed by atoms with Gasteiger partial charge in [0, 0.05) is 29.2 Å². The Morgan fingerprint density at radius 2 is 1.48 bits per heavy atom. The van der Waals surface area contributed by atoms with E-state index in [4.69, 9.17) is 11.6 Å². The summed E-state index contributed by atoms with van der Waals surface area (Å²) >= 11 is 5.92. The maximum absolute atomic E-state index is 13.2. The zero-order chi connectivity index (χ0) is 18.8. The van der Waals surface area contributed by atoms with Gasteiger partial charge >= 0.3 is 0 Å². The minimum Gasteiger partial charge on any atom is -0.339 e. The molecule has 2 aliphatic rings. The molecule has 0 unspecified atom stereocenters. The third kappa shape index (κ3) is 3.78. The molecule has 0 aliphatic carbocycles. The van der Waals surface area contributed by atoms with Gasteiger partial charge in [0.1, 0.15) is 0 Å². The molecule has 0 saturated carbocycles. The van der Waals surface area contributed by atoms with Gasteiger partial charge in [0.25, 0.3) is 5.91 Å². The van der Waals surface area contributed by atoms with E-state index < -0.39 is 0 Å². The first-order chi connectivity index (χ1) is 13.1. The van der Waals surface area contributed by atoms with E-state index in [1.54, 1.807) is 42.5 Å². The maximum Gasteiger partial charge on any atom is 0.254 e. The normalized spacial score (nSPS) is 22.2. The van der Waals surface area contributed by atoms with Crippen molar-refractivity contribution in [2.24, 2.45) is 11.8 Å². The van der Waals surface area contributed by atoms with Gasteiger partial charge in [0.05, 0.1) is 5.56 Å². The van der Waals surface area contributed by atoms with E-state index in [9.17, 15) is 9.59 Å². The number of carbonyl (C=O) groups is 2. The molecular weight excluding hydrogens is 360 g/mol. The highest BCUT2D eigenvalue weighted by molar-refractivity contribution is 6.30. The minimum atomic E-state index is -0.147. The van der Waals surface area contributed by atoms with Gasteiger partial charge in [-0.2, -0.15) is 0 Å². The summed E-state index contributed by atoms with van der Waals surface area (Å²) in [7, 11) is 0. The number of benzene rings is 2. The molecular formula is C22H23ClN2O2. The molecule has 4 rings (SSSR count). The fourth-order valence-electron chi connectivity index (χ4n) is 4.22. The highest BCUT2D eigenvalue weighted by Crippen LogP contribution is 2.28. The Morgan fingerprint density at radius 1 is 0.889 bits per heavy atom. The summed E-state index contributed by atoms with van der Waals surface area (Å²) in [5.74, 6) is 1.13. The summed E-state index contributed by atoms with van der Waals surface area (Å²) in [5, 5.41) is 4.04. The van der Waals surface area contributed by atoms with Crippen LogP contribution in [0.3, 0.4) is 0 Å². The molecule has 2 fully saturated rings. The van der Waals surface area contributed by atoms with Crippen molar-refractivity contribution in [3.8, 4) is 0 Å². The summed E-state index contributed by atoms with van der Waals surface area (Å²) in [6, 6.07) is 13.9. The Hall–Kier alpha value is -2.17. The van der Waals surface area contributed by atoms with Crippen molar-refractivity contribution in [1.29, 1.82) is 0 Å². The number of ketones is 1. The standard InChI is InChI=1S/C22H23ClN2O2/c23-18-7-5-15(6-8-18)21(26)19-3-1-2-4-20(19)22(27)25-11-9-16-13-24-14-17(16)10-12-25/h1-8,16-17,24H,9-14H2/t16-,17+. The first-order valence-electron chi connectivity index (χ1n) is 9.53. The minimum absolute atomic E-state index is 0.0409. The van der Waals surface area contributed by atoms with Crippen molar-refractivity contribution in [3.05, 3.63) is 70.2 Å². The lowest BCUT2D eigenvalue weighted by molar-refractivity contribution is 0.0754. The van der Waals surface area contributed by atoms with Crippen LogP contribution in [0.2, 0.25) is 5.02 Å². The quantitative estimate of drug-likeness (QED) is 0.824. The molecule has 27 heavy (non-hydrogen) atoms. The molecule has 2 aromatic carbocycles. The Labute approximate surface area is 164 Å². The molecule has 0 spiro atoms. The van der Waals surface area contributed by atoms with Crippen LogP contribution in [0.4, 0.5) is 0 Å². The number of halogens is 1. The smallest absolute Gasteiger partial charge is 0.254 e. The van der Waals surface area contributed by atoms with Gasteiger partial charge in [0.2, 0.25) is 0 Å². The molecule has 4 nitrogen and oxygen atoms in total. The van der Waals surface area contributed by atoms with Gasteiger partial charge in [0.15, 0.2) is 5.78 Å². The molecule has 5 heteroatoms. The molecule has 140 valence electrons. The molecule has 0 radical (unpaired) electrons. The highest BCUT2D eigenvalue weighted by Gasteiger charge is 2.32. The molecule has 2 aromatic rings. The number of hydrogen-bond donors (Lipinski definition) is 1. The van der Waals surface area contributed by atoms with Crippen LogP contribution in [0, 0.1) is 11.8 Å². The van der Waals surface area contributed by atoms with E-state index in [2.05, 4.69) is 5.32 Å². The fraction of sp³-hybridized carbons (Fsp3) is 0.364. The first kappa shape index (κ1) is 18.2. The largest absolute Gasteiger partial charge is 0.339 e. The lowest BCUT2D eigenvalue weighted by Crippen LogP contribution is -2.33. The summed E-state index contributed by atoms with van der Waals surface area (Å²) in [6.07, 6.45) is 2.05. The molecule has 1 amide bonds. The van der Waals surface area contributed by atoms with Crippen LogP contribution < -0.4 is 5.32 Å². The van der Waals surface area contributed by atoms with E-state index in [0.717, 1.165) is 39.0 Å². The average Bonchev–Trinajstić information content (AvgIpc) is 3.06. The highest BCUT2D eigenvalue weighted by atomic mass is 35.5. The third-order valence-corrected chi connectivity index (χ3v) is 6.07. The van der Waals surface area contributed by atoms with Crippen molar-refractivity contribution in [1.82, 2.24) is 10.2 Å². The maximum atomic E-state index is 13.2. The third-order valence-electron chi connectivity index (χ3n) is 5.82. The SMILES string of the molecule is O=C(c1ccc(Cl)cc1)c1ccccc1C(=O)N1CC[C@@H]2CNC[C@@H]2CC1. The van der Waals surface area contributed by atoms with Gasteiger partial charge in [-0.05, 0) is 68.1 Å². The van der Waals surface area contributed by atoms with Crippen molar-refractivity contribution in [2.75, 3.05) is 26.2 Å². The van der Waals surface area contributed by atoms with Crippen LogP contribution in [0.5, 0.6) is 0 Å². The number of likely N-dealkylation sites (tertiary alicyclic amines) is 1. The van der Waals surface area contributed by atoms with Crippen molar-refractivity contribution in [3.63, 3.8) is 0 Å². The lowest BCUT2D eigenvalue weighted by atomic mass is 9.92. The van der Waals surface area contributed by atoms with Crippen LogP contribution in [-0.4, -0.2) is 42.8 Å². The second-order valence-electron chi connectivity index (χ2n) is 7.43. The summed E-state index contributed by atoms with van der Waals surface area (Å²) < 4.78 is 0. The van der Waals surface area contributed by atoms with Gasteiger partial charge in [-0.15, -0.1) is 0 Å². The summed E-state index contributed by atoms with van der Waals surface area (Å²) in [4.78, 5) is 28.1. The number of hydrogen-bond acceptors (Lipinski definition) is 3. The molecule has 0 bridgehead atoms. The summed E-state index contributed by atoms with van der Waals surface area (Å²) in [6.45, 7) is 3.62. The molecule has 2 atom stereocenters. The van der Waals surface area contributed by atoms with Gasteiger partial charge in [-0.3, -0.25) is 9.59 Å². The first-order valence-corrected chi connectivity index (χ1v) is 9.90. The van der Waals surface area contributed by atoms with Crippen molar-refractivity contribution >= 4 is 23.3 Å². The van der Waals surface area contributed by atoms with Crippen molar-refractivity contribution < 1.29 is 9.59 Å². The van der Waals surface area contributed by atoms with Gasteiger partial charge < -0.3 is 10.2 Å². The van der Waals surface area contributed by atoms with Crippen LogP contribution in [0.25, 0.3) is 0 Å². The molecule has 2 heterocycles. The Balaban J connectivity index is 1.57. The van der Waals surface area contributed by atoms with Crippen molar-refractivity contribution in [2.45, 2.75) is 12.8 Å². The molecule has 2 aliphatic heterocycles. The van der Waals surface area contributed by atoms with Crippen LogP contribution in [0.15, 0.2) is 48.5 Å². The Morgan fingerprint density at radius 3 is 2.11 bits per heavy atom. The fourth-order valence-corrected chi connectivity index (χ4v) is 4.34. The Kier molecular flexibility index (Phi) is 5.28. The summed E-state index contributed by atoms with van der Waals surface area (Å²) in [5.41, 5.74) is 1.48. The molecule has 1 N–H and O–H groups in total. The van der Waals surface area contributed by atoms with Gasteiger partial charge in [-0.1, -0.05) is 29.8 Å². The second kappa shape index (κ2) is 7.83. The number of nitrogens with zero attached hydrogens (tertiary/aromatic N) is 1. The molecule has 0 aromatic heterocycles. The lowest BCUT2D eigenvalue weighted by Gasteiger charge is -2.22. The van der Waals surface area contributed by atoms with Gasteiger partial charge in [-0.25, -0.2) is 0 Å². The predicted molar refractivity (Wildman–Crippen MR) is 106 cm³/mol. The second-order valence-corrected chi connectivity index (χ2v) is 7.87. The van der Waals surface area contributed by atoms with E-state index in [0.29, 0.717) is 33.5 Å². The average molecular weight is 383 g/mol. The zero-order valence-corrected chi connectivity index (χ0v) is 15.9. The van der Waals surface area contributed by atoms with E-state index in [1.165, 1.54) is 0 Å². The number of fused-ring (bicyclic) bond motifs is 1. The molecule has 2 saturated heterocycles. The monoisotopic (exact) mass is 382 g/mol. The van der Waals surface area contributed by atoms with Crippen LogP contribution in [-0.2, 0) is 0 Å². The number of rotatable bonds is 3. The zero-order valence-electron chi connectivity index (χ0n) is 15.2. The van der Waals surface area contributed by atoms with E-state index in [-0.39, 0.29) is 11.7 Å². The van der Waals surface area contributed by atoms with Crippen LogP contribution >= 0.6 is 11.6 Å². The van der Waals surface area contributed by atoms with E-state index >= 15 is 0 Å². The predicted octanol–water partition coefficient (Wildman–Crippen LogP) is 3.64. The number of nitrogens with one attached hydrogen (secondary N) is 1. The topological polar surface area (TPSA) is 49.4 Å². The number of carbonyl (C=O) groups excluding carboxylic acids is 2.